The molecule has 0 bridgehead atoms. The predicted octanol–water partition coefficient (Wildman–Crippen LogP) is 2.84. The molecule has 3 rings (SSSR count). The molecule has 5 nitrogen and oxygen atoms in total. The van der Waals surface area contributed by atoms with E-state index in [1.165, 1.54) is 17.5 Å². The Morgan fingerprint density at radius 3 is 2.45 bits per heavy atom. The first-order valence-corrected chi connectivity index (χ1v) is 7.59. The number of hydrogen-bond acceptors (Lipinski definition) is 5. The Kier molecular flexibility index (Phi) is 4.66. The Bertz CT molecular complexity index is 617. The van der Waals surface area contributed by atoms with Gasteiger partial charge >= 0.3 is 0 Å². The third-order valence-corrected chi connectivity index (χ3v) is 4.46. The van der Waals surface area contributed by atoms with Gasteiger partial charge in [-0.1, -0.05) is 18.6 Å². The Morgan fingerprint density at radius 2 is 1.77 bits per heavy atom. The van der Waals surface area contributed by atoms with Gasteiger partial charge in [0.15, 0.2) is 0 Å². The lowest BCUT2D eigenvalue weighted by molar-refractivity contribution is 0.305. The van der Waals surface area contributed by atoms with Crippen LogP contribution in [0.4, 0.5) is 5.69 Å². The van der Waals surface area contributed by atoms with Crippen LogP contribution in [0.5, 0.6) is 0 Å². The minimum atomic E-state index is -0.354. The van der Waals surface area contributed by atoms with Crippen molar-refractivity contribution >= 4 is 30.0 Å². The van der Waals surface area contributed by atoms with Crippen molar-refractivity contribution < 1.29 is 0 Å². The second-order valence-electron chi connectivity index (χ2n) is 6.11. The summed E-state index contributed by atoms with van der Waals surface area (Å²) < 4.78 is 0. The highest BCUT2D eigenvalue weighted by molar-refractivity contribution is 6.06. The van der Waals surface area contributed by atoms with E-state index in [0.717, 1.165) is 31.4 Å². The van der Waals surface area contributed by atoms with Gasteiger partial charge in [0, 0.05) is 5.69 Å². The molecule has 4 N–H and O–H groups in total. The second kappa shape index (κ2) is 6.16. The first-order valence-electron chi connectivity index (χ1n) is 7.59. The van der Waals surface area contributed by atoms with Crippen molar-refractivity contribution in [2.75, 3.05) is 4.90 Å². The van der Waals surface area contributed by atoms with Crippen molar-refractivity contribution in [1.82, 2.24) is 0 Å². The maximum atomic E-state index is 6.24. The molecule has 0 saturated heterocycles. The topological polar surface area (TPSA) is 80.0 Å². The lowest BCUT2D eigenvalue weighted by atomic mass is 9.87. The molecule has 1 aliphatic carbocycles. The molecule has 0 amide bonds. The van der Waals surface area contributed by atoms with Gasteiger partial charge in [-0.05, 0) is 56.7 Å². The third-order valence-electron chi connectivity index (χ3n) is 4.46. The minimum absolute atomic E-state index is 0. The summed E-state index contributed by atoms with van der Waals surface area (Å²) in [4.78, 5) is 11.0. The Labute approximate surface area is 137 Å². The van der Waals surface area contributed by atoms with Crippen LogP contribution in [0.25, 0.3) is 0 Å². The fourth-order valence-corrected chi connectivity index (χ4v) is 3.43. The van der Waals surface area contributed by atoms with Crippen LogP contribution in [-0.2, 0) is 0 Å². The zero-order valence-electron chi connectivity index (χ0n) is 13.2. The molecule has 1 spiro atoms. The highest BCUT2D eigenvalue weighted by Crippen LogP contribution is 2.40. The summed E-state index contributed by atoms with van der Waals surface area (Å²) in [5.41, 5.74) is 15.3. The summed E-state index contributed by atoms with van der Waals surface area (Å²) >= 11 is 0. The molecule has 0 atom stereocenters. The molecule has 1 heterocycles. The fourth-order valence-electron chi connectivity index (χ4n) is 3.43. The quantitative estimate of drug-likeness (QED) is 0.834. The van der Waals surface area contributed by atoms with E-state index in [9.17, 15) is 0 Å². The summed E-state index contributed by atoms with van der Waals surface area (Å²) in [6.45, 7) is 4.19. The maximum Gasteiger partial charge on any atom is 0.220 e. The van der Waals surface area contributed by atoms with Gasteiger partial charge in [-0.3, -0.25) is 4.90 Å². The number of rotatable bonds is 1. The highest BCUT2D eigenvalue weighted by atomic mass is 35.5. The molecule has 1 aromatic rings. The van der Waals surface area contributed by atoms with Gasteiger partial charge in [0.25, 0.3) is 0 Å². The number of aliphatic imine (C=N–C) groups is 2. The molecule has 0 aromatic heterocycles. The number of guanidine groups is 2. The summed E-state index contributed by atoms with van der Waals surface area (Å²) in [7, 11) is 0. The largest absolute Gasteiger partial charge is 0.369 e. The van der Waals surface area contributed by atoms with Crippen molar-refractivity contribution in [1.29, 1.82) is 0 Å². The molecule has 0 unspecified atom stereocenters. The van der Waals surface area contributed by atoms with Crippen molar-refractivity contribution in [3.05, 3.63) is 29.3 Å². The van der Waals surface area contributed by atoms with Gasteiger partial charge < -0.3 is 11.5 Å². The second-order valence-corrected chi connectivity index (χ2v) is 6.11. The van der Waals surface area contributed by atoms with Crippen LogP contribution in [0.3, 0.4) is 0 Å². The van der Waals surface area contributed by atoms with Gasteiger partial charge in [0.2, 0.25) is 11.9 Å². The van der Waals surface area contributed by atoms with Gasteiger partial charge in [-0.2, -0.15) is 4.99 Å². The normalized spacial score (nSPS) is 20.2. The van der Waals surface area contributed by atoms with E-state index >= 15 is 0 Å². The molecule has 120 valence electrons. The average molecular weight is 322 g/mol. The zero-order chi connectivity index (χ0) is 15.0. The molecule has 1 aromatic carbocycles. The van der Waals surface area contributed by atoms with Crippen LogP contribution in [0.2, 0.25) is 0 Å². The molecule has 2 aliphatic rings. The van der Waals surface area contributed by atoms with Crippen LogP contribution in [-0.4, -0.2) is 17.6 Å². The number of benzene rings is 1. The number of nitrogens with two attached hydrogens (primary N) is 2. The number of nitrogens with zero attached hydrogens (tertiary/aromatic N) is 3. The van der Waals surface area contributed by atoms with E-state index < -0.39 is 0 Å². The summed E-state index contributed by atoms with van der Waals surface area (Å²) in [6, 6.07) is 6.39. The number of aryl methyl sites for hydroxylation is 2. The van der Waals surface area contributed by atoms with Gasteiger partial charge in [0.05, 0.1) is 0 Å². The van der Waals surface area contributed by atoms with Crippen molar-refractivity contribution in [2.45, 2.75) is 51.6 Å². The number of halogens is 1. The monoisotopic (exact) mass is 321 g/mol. The Balaban J connectivity index is 0.00000176. The average Bonchev–Trinajstić information content (AvgIpc) is 2.42. The van der Waals surface area contributed by atoms with E-state index in [1.54, 1.807) is 0 Å². The van der Waals surface area contributed by atoms with Crippen LogP contribution < -0.4 is 16.4 Å². The summed E-state index contributed by atoms with van der Waals surface area (Å²) in [5.74, 6) is 0.758. The standard InChI is InChI=1S/C16H23N5.ClH/c1-11-6-7-12(2)13(10-11)21-15(18)19-14(17)20-16(21)8-4-3-5-9-16;/h6-7,10H,3-5,8-9H2,1-2H3,(H4,17,18,19,20);1H. The molecular weight excluding hydrogens is 298 g/mol. The molecule has 22 heavy (non-hydrogen) atoms. The molecule has 1 aliphatic heterocycles. The SMILES string of the molecule is Cc1ccc(C)c(N2C(N)=NC(N)=NC23CCCCC3)c1.Cl. The molecule has 1 fully saturated rings. The predicted molar refractivity (Wildman–Crippen MR) is 94.7 cm³/mol. The maximum absolute atomic E-state index is 6.24. The Hall–Kier alpha value is -1.75. The smallest absolute Gasteiger partial charge is 0.220 e. The highest BCUT2D eigenvalue weighted by Gasteiger charge is 2.42. The van der Waals surface area contributed by atoms with Crippen LogP contribution >= 0.6 is 12.4 Å². The van der Waals surface area contributed by atoms with Crippen molar-refractivity contribution in [3.8, 4) is 0 Å². The van der Waals surface area contributed by atoms with Crippen LogP contribution in [0.1, 0.15) is 43.2 Å². The lowest BCUT2D eigenvalue weighted by Gasteiger charge is -2.46. The summed E-state index contributed by atoms with van der Waals surface area (Å²) in [6.07, 6.45) is 5.47. The fraction of sp³-hybridized carbons (Fsp3) is 0.500. The first kappa shape index (κ1) is 16.6. The van der Waals surface area contributed by atoms with Crippen LogP contribution in [0, 0.1) is 13.8 Å². The number of hydrogen-bond donors (Lipinski definition) is 2. The van der Waals surface area contributed by atoms with Crippen LogP contribution in [0.15, 0.2) is 28.2 Å². The van der Waals surface area contributed by atoms with E-state index in [4.69, 9.17) is 16.5 Å². The van der Waals surface area contributed by atoms with E-state index in [0.29, 0.717) is 11.9 Å². The Morgan fingerprint density at radius 1 is 1.09 bits per heavy atom. The zero-order valence-corrected chi connectivity index (χ0v) is 14.0. The molecule has 0 radical (unpaired) electrons. The van der Waals surface area contributed by atoms with E-state index in [2.05, 4.69) is 41.9 Å². The lowest BCUT2D eigenvalue weighted by Crippen LogP contribution is -2.58. The molecule has 1 saturated carbocycles. The van der Waals surface area contributed by atoms with Gasteiger partial charge in [-0.15, -0.1) is 12.4 Å². The molecule has 6 heteroatoms. The van der Waals surface area contributed by atoms with Gasteiger partial charge in [-0.25, -0.2) is 4.99 Å². The van der Waals surface area contributed by atoms with Crippen molar-refractivity contribution in [2.24, 2.45) is 21.5 Å². The minimum Gasteiger partial charge on any atom is -0.369 e. The van der Waals surface area contributed by atoms with Crippen molar-refractivity contribution in [3.63, 3.8) is 0 Å². The number of anilines is 1. The van der Waals surface area contributed by atoms with E-state index in [-0.39, 0.29) is 18.1 Å². The van der Waals surface area contributed by atoms with E-state index in [1.807, 2.05) is 0 Å². The molecular formula is C16H24ClN5. The summed E-state index contributed by atoms with van der Waals surface area (Å²) in [5, 5.41) is 0. The first-order chi connectivity index (χ1) is 10.0. The third kappa shape index (κ3) is 2.77. The van der Waals surface area contributed by atoms with Gasteiger partial charge in [0.1, 0.15) is 5.66 Å².